The van der Waals surface area contributed by atoms with Crippen molar-refractivity contribution in [2.45, 2.75) is 32.0 Å². The number of amides is 2. The molecule has 0 unspecified atom stereocenters. The quantitative estimate of drug-likeness (QED) is 0.670. The van der Waals surface area contributed by atoms with E-state index in [2.05, 4.69) is 10.3 Å². The number of carbonyl (C=O) groups excluding carboxylic acids is 2. The van der Waals surface area contributed by atoms with Gasteiger partial charge < -0.3 is 14.8 Å². The summed E-state index contributed by atoms with van der Waals surface area (Å²) in [5.74, 6) is -2.01. The molecule has 0 atom stereocenters. The Morgan fingerprint density at radius 2 is 1.65 bits per heavy atom. The molecular formula is C22H21F3N4O2. The summed E-state index contributed by atoms with van der Waals surface area (Å²) < 4.78 is 41.3. The molecule has 162 valence electrons. The molecule has 0 spiro atoms. The van der Waals surface area contributed by atoms with Crippen molar-refractivity contribution in [1.82, 2.24) is 14.5 Å². The van der Waals surface area contributed by atoms with Crippen LogP contribution in [0.3, 0.4) is 0 Å². The van der Waals surface area contributed by atoms with Crippen LogP contribution in [0.4, 0.5) is 18.9 Å². The molecular weight excluding hydrogens is 409 g/mol. The summed E-state index contributed by atoms with van der Waals surface area (Å²) in [7, 11) is 0. The van der Waals surface area contributed by atoms with Crippen LogP contribution < -0.4 is 5.32 Å². The molecule has 0 aliphatic carbocycles. The van der Waals surface area contributed by atoms with Crippen molar-refractivity contribution >= 4 is 28.5 Å². The molecule has 2 amide bonds. The highest BCUT2D eigenvalue weighted by Gasteiger charge is 2.38. The van der Waals surface area contributed by atoms with E-state index >= 15 is 0 Å². The van der Waals surface area contributed by atoms with Crippen molar-refractivity contribution in [3.8, 4) is 0 Å². The molecule has 9 heteroatoms. The van der Waals surface area contributed by atoms with Crippen LogP contribution in [0.25, 0.3) is 11.0 Å². The van der Waals surface area contributed by atoms with E-state index in [0.717, 1.165) is 23.8 Å². The van der Waals surface area contributed by atoms with Crippen molar-refractivity contribution in [3.63, 3.8) is 0 Å². The molecule has 0 radical (unpaired) electrons. The predicted octanol–water partition coefficient (Wildman–Crippen LogP) is 4.32. The third-order valence-electron chi connectivity index (χ3n) is 5.28. The summed E-state index contributed by atoms with van der Waals surface area (Å²) >= 11 is 0. The number of para-hydroxylation sites is 3. The van der Waals surface area contributed by atoms with Gasteiger partial charge >= 0.3 is 6.18 Å². The summed E-state index contributed by atoms with van der Waals surface area (Å²) in [5, 5.41) is 2.61. The Kier molecular flexibility index (Phi) is 5.67. The monoisotopic (exact) mass is 430 g/mol. The molecule has 1 aromatic heterocycles. The molecule has 1 aliphatic rings. The van der Waals surface area contributed by atoms with Gasteiger partial charge in [-0.1, -0.05) is 24.3 Å². The van der Waals surface area contributed by atoms with Gasteiger partial charge in [-0.25, -0.2) is 4.98 Å². The normalized spacial score (nSPS) is 14.6. The number of likely N-dealkylation sites (tertiary alicyclic amines) is 1. The Morgan fingerprint density at radius 1 is 0.968 bits per heavy atom. The predicted molar refractivity (Wildman–Crippen MR) is 110 cm³/mol. The van der Waals surface area contributed by atoms with Crippen molar-refractivity contribution in [2.75, 3.05) is 18.4 Å². The number of alkyl halides is 3. The van der Waals surface area contributed by atoms with E-state index < -0.39 is 24.5 Å². The average molecular weight is 430 g/mol. The highest BCUT2D eigenvalue weighted by atomic mass is 19.4. The van der Waals surface area contributed by atoms with E-state index in [4.69, 9.17) is 0 Å². The van der Waals surface area contributed by atoms with E-state index in [0.29, 0.717) is 18.7 Å². The molecule has 3 aromatic rings. The minimum absolute atomic E-state index is 0.156. The Balaban J connectivity index is 1.59. The summed E-state index contributed by atoms with van der Waals surface area (Å²) in [6, 6.07) is 12.7. The first-order valence-corrected chi connectivity index (χ1v) is 10.1. The fraction of sp³-hybridized carbons (Fsp3) is 0.318. The zero-order valence-electron chi connectivity index (χ0n) is 16.7. The van der Waals surface area contributed by atoms with Crippen LogP contribution in [0.15, 0.2) is 48.5 Å². The lowest BCUT2D eigenvalue weighted by molar-refractivity contribution is -0.147. The molecule has 4 rings (SSSR count). The number of hydrogen-bond acceptors (Lipinski definition) is 3. The summed E-state index contributed by atoms with van der Waals surface area (Å²) in [5.41, 5.74) is 0.969. The van der Waals surface area contributed by atoms with E-state index in [1.54, 1.807) is 41.3 Å². The number of imidazole rings is 1. The first-order chi connectivity index (χ1) is 14.8. The molecule has 6 nitrogen and oxygen atoms in total. The third kappa shape index (κ3) is 4.40. The number of aromatic nitrogens is 2. The third-order valence-corrected chi connectivity index (χ3v) is 5.28. The Labute approximate surface area is 176 Å². The lowest BCUT2D eigenvalue weighted by atomic mass is 10.1. The van der Waals surface area contributed by atoms with E-state index in [1.165, 1.54) is 12.1 Å². The van der Waals surface area contributed by atoms with Crippen molar-refractivity contribution in [2.24, 2.45) is 0 Å². The molecule has 1 fully saturated rings. The molecule has 0 saturated carbocycles. The smallest absolute Gasteiger partial charge is 0.339 e. The number of hydrogen-bond donors (Lipinski definition) is 1. The Hall–Kier alpha value is -3.36. The van der Waals surface area contributed by atoms with E-state index in [1.807, 2.05) is 0 Å². The molecule has 2 aromatic carbocycles. The number of carbonyl (C=O) groups is 2. The van der Waals surface area contributed by atoms with E-state index in [-0.39, 0.29) is 22.6 Å². The first kappa shape index (κ1) is 20.9. The second kappa shape index (κ2) is 8.41. The van der Waals surface area contributed by atoms with Crippen LogP contribution in [0.5, 0.6) is 0 Å². The van der Waals surface area contributed by atoms with Crippen LogP contribution in [0.1, 0.15) is 35.4 Å². The number of piperidine rings is 1. The van der Waals surface area contributed by atoms with Gasteiger partial charge in [0.1, 0.15) is 6.54 Å². The number of anilines is 1. The topological polar surface area (TPSA) is 67.2 Å². The molecule has 31 heavy (non-hydrogen) atoms. The lowest BCUT2D eigenvalue weighted by Gasteiger charge is -2.27. The largest absolute Gasteiger partial charge is 0.449 e. The number of rotatable bonds is 4. The molecule has 1 aliphatic heterocycles. The van der Waals surface area contributed by atoms with Crippen LogP contribution in [-0.2, 0) is 17.5 Å². The SMILES string of the molecule is O=C(Cn1c(C(F)(F)F)nc2ccccc21)Nc1ccccc1C(=O)N1CCCCC1. The zero-order chi connectivity index (χ0) is 22.0. The fourth-order valence-electron chi connectivity index (χ4n) is 3.83. The second-order valence-electron chi connectivity index (χ2n) is 7.45. The van der Waals surface area contributed by atoms with Crippen LogP contribution >= 0.6 is 0 Å². The van der Waals surface area contributed by atoms with E-state index in [9.17, 15) is 22.8 Å². The van der Waals surface area contributed by atoms with Gasteiger partial charge in [-0.2, -0.15) is 13.2 Å². The second-order valence-corrected chi connectivity index (χ2v) is 7.45. The number of halogens is 3. The first-order valence-electron chi connectivity index (χ1n) is 10.1. The Morgan fingerprint density at radius 3 is 2.39 bits per heavy atom. The highest BCUT2D eigenvalue weighted by Crippen LogP contribution is 2.31. The van der Waals surface area contributed by atoms with Crippen molar-refractivity contribution in [1.29, 1.82) is 0 Å². The van der Waals surface area contributed by atoms with Gasteiger partial charge in [-0.3, -0.25) is 9.59 Å². The lowest BCUT2D eigenvalue weighted by Crippen LogP contribution is -2.36. The molecule has 1 N–H and O–H groups in total. The van der Waals surface area contributed by atoms with Gasteiger partial charge in [0, 0.05) is 13.1 Å². The molecule has 0 bridgehead atoms. The van der Waals surface area contributed by atoms with Gasteiger partial charge in [0.15, 0.2) is 0 Å². The van der Waals surface area contributed by atoms with Crippen molar-refractivity contribution in [3.05, 3.63) is 59.9 Å². The minimum atomic E-state index is -4.71. The van der Waals surface area contributed by atoms with Gasteiger partial charge in [-0.05, 0) is 43.5 Å². The maximum absolute atomic E-state index is 13.5. The van der Waals surface area contributed by atoms with Gasteiger partial charge in [-0.15, -0.1) is 0 Å². The summed E-state index contributed by atoms with van der Waals surface area (Å²) in [4.78, 5) is 31.0. The number of nitrogens with zero attached hydrogens (tertiary/aromatic N) is 3. The summed E-state index contributed by atoms with van der Waals surface area (Å²) in [6.45, 7) is 0.718. The maximum atomic E-state index is 13.5. The highest BCUT2D eigenvalue weighted by molar-refractivity contribution is 6.03. The number of fused-ring (bicyclic) bond motifs is 1. The van der Waals surface area contributed by atoms with Crippen LogP contribution in [0.2, 0.25) is 0 Å². The minimum Gasteiger partial charge on any atom is -0.339 e. The number of benzene rings is 2. The standard InChI is InChI=1S/C22H21F3N4O2/c23-22(24,25)21-27-17-10-4-5-11-18(17)29(21)14-19(30)26-16-9-3-2-8-15(16)20(31)28-12-6-1-7-13-28/h2-5,8-11H,1,6-7,12-14H2,(H,26,30). The van der Waals surface area contributed by atoms with Crippen LogP contribution in [-0.4, -0.2) is 39.4 Å². The van der Waals surface area contributed by atoms with Crippen molar-refractivity contribution < 1.29 is 22.8 Å². The average Bonchev–Trinajstić information content (AvgIpc) is 3.13. The zero-order valence-corrected chi connectivity index (χ0v) is 16.7. The summed E-state index contributed by atoms with van der Waals surface area (Å²) in [6.07, 6.45) is -1.79. The molecule has 2 heterocycles. The van der Waals surface area contributed by atoms with Gasteiger partial charge in [0.25, 0.3) is 5.91 Å². The Bertz CT molecular complexity index is 1120. The fourth-order valence-corrected chi connectivity index (χ4v) is 3.83. The van der Waals surface area contributed by atoms with Gasteiger partial charge in [0.05, 0.1) is 22.3 Å². The van der Waals surface area contributed by atoms with Crippen LogP contribution in [0, 0.1) is 0 Å². The van der Waals surface area contributed by atoms with Gasteiger partial charge in [0.2, 0.25) is 11.7 Å². The number of nitrogens with one attached hydrogen (secondary N) is 1. The maximum Gasteiger partial charge on any atom is 0.449 e. The molecule has 1 saturated heterocycles.